The van der Waals surface area contributed by atoms with Crippen molar-refractivity contribution in [2.24, 2.45) is 0 Å². The Morgan fingerprint density at radius 1 is 0.556 bits per heavy atom. The molecule has 0 atom stereocenters. The molecule has 5 aromatic carbocycles. The van der Waals surface area contributed by atoms with Crippen molar-refractivity contribution in [1.29, 1.82) is 0 Å². The second-order valence-electron chi connectivity index (χ2n) is 17.8. The first-order chi connectivity index (χ1) is 38.4. The number of nitrogens with two attached hydrogens (primary N) is 1. The van der Waals surface area contributed by atoms with Gasteiger partial charge in [0.05, 0.1) is 33.9 Å². The first-order valence-corrected chi connectivity index (χ1v) is 28.5. The van der Waals surface area contributed by atoms with E-state index in [0.717, 1.165) is 55.0 Å². The van der Waals surface area contributed by atoms with Crippen LogP contribution in [0, 0.1) is 20.8 Å². The highest BCUT2D eigenvalue weighted by atomic mass is 79.9. The first-order valence-electron chi connectivity index (χ1n) is 24.9. The third kappa shape index (κ3) is 26.3. The van der Waals surface area contributed by atoms with Gasteiger partial charge in [-0.25, -0.2) is 9.59 Å². The minimum absolute atomic E-state index is 0. The molecule has 0 aliphatic carbocycles. The topological polar surface area (TPSA) is 233 Å². The largest absolute Gasteiger partial charge is 0.478 e. The Morgan fingerprint density at radius 2 is 1.00 bits per heavy atom. The van der Waals surface area contributed by atoms with Crippen LogP contribution in [-0.2, 0) is 16.8 Å². The van der Waals surface area contributed by atoms with Crippen LogP contribution < -0.4 is 11.1 Å². The van der Waals surface area contributed by atoms with Crippen LogP contribution in [0.25, 0.3) is 0 Å². The fraction of sp³-hybridized carbons (Fsp3) is 0.210. The van der Waals surface area contributed by atoms with Crippen LogP contribution in [-0.4, -0.2) is 67.9 Å². The summed E-state index contributed by atoms with van der Waals surface area (Å²) in [5, 5.41) is 21.1. The third-order valence-electron chi connectivity index (χ3n) is 10.8. The molecular weight excluding hydrogens is 1140 g/mol. The summed E-state index contributed by atoms with van der Waals surface area (Å²) in [5.74, 6) is 0.524. The highest BCUT2D eigenvalue weighted by Gasteiger charge is 2.11. The number of thioether (sulfide) groups is 2. The van der Waals surface area contributed by atoms with E-state index in [1.807, 2.05) is 61.5 Å². The number of carboxylic acid groups (broad SMARTS) is 2. The fourth-order valence-corrected chi connectivity index (χ4v) is 9.14. The molecule has 19 heteroatoms. The number of hydrogen-bond acceptors (Lipinski definition) is 15. The lowest BCUT2D eigenvalue weighted by Crippen LogP contribution is -2.12. The van der Waals surface area contributed by atoms with Gasteiger partial charge in [0.1, 0.15) is 0 Å². The molecule has 0 aliphatic heterocycles. The number of alkyl halides is 1. The lowest BCUT2D eigenvalue weighted by Gasteiger charge is -2.12. The molecule has 0 unspecified atom stereocenters. The zero-order chi connectivity index (χ0) is 58.2. The molecule has 15 nitrogen and oxygen atoms in total. The Labute approximate surface area is 498 Å². The number of thiol groups is 1. The van der Waals surface area contributed by atoms with E-state index in [1.165, 1.54) is 46.1 Å². The molecular formula is C62H69BrN10O5S3. The summed E-state index contributed by atoms with van der Waals surface area (Å²) in [4.78, 5) is 68.4. The van der Waals surface area contributed by atoms with Crippen molar-refractivity contribution in [3.63, 3.8) is 0 Å². The highest BCUT2D eigenvalue weighted by molar-refractivity contribution is 9.08. The number of halogens is 1. The van der Waals surface area contributed by atoms with Crippen LogP contribution in [0.15, 0.2) is 198 Å². The summed E-state index contributed by atoms with van der Waals surface area (Å²) >= 11 is 10.4. The third-order valence-corrected chi connectivity index (χ3v) is 13.7. The minimum atomic E-state index is -0.920. The number of carboxylic acids is 2. The smallest absolute Gasteiger partial charge is 0.335 e. The number of aromatic nitrogens is 8. The fourth-order valence-electron chi connectivity index (χ4n) is 6.93. The van der Waals surface area contributed by atoms with Crippen molar-refractivity contribution >= 4 is 81.3 Å². The molecule has 9 aromatic rings. The van der Waals surface area contributed by atoms with Gasteiger partial charge in [0.25, 0.3) is 5.91 Å². The normalized spacial score (nSPS) is 9.96. The van der Waals surface area contributed by atoms with Gasteiger partial charge in [-0.05, 0) is 134 Å². The maximum Gasteiger partial charge on any atom is 0.335 e. The quantitative estimate of drug-likeness (QED) is 0.0313. The summed E-state index contributed by atoms with van der Waals surface area (Å²) in [6, 6.07) is 33.1. The minimum Gasteiger partial charge on any atom is -0.478 e. The van der Waals surface area contributed by atoms with Crippen molar-refractivity contribution in [3.8, 4) is 0 Å². The molecule has 5 N–H and O–H groups in total. The molecule has 4 aromatic heterocycles. The van der Waals surface area contributed by atoms with Crippen LogP contribution in [0.1, 0.15) is 123 Å². The van der Waals surface area contributed by atoms with E-state index >= 15 is 0 Å². The zero-order valence-electron chi connectivity index (χ0n) is 45.5. The number of amides is 1. The molecule has 0 spiro atoms. The molecule has 0 saturated heterocycles. The summed E-state index contributed by atoms with van der Waals surface area (Å²) in [7, 11) is 0. The number of nitrogen functional groups attached to an aromatic ring is 1. The van der Waals surface area contributed by atoms with E-state index in [2.05, 4.69) is 127 Å². The van der Waals surface area contributed by atoms with Gasteiger partial charge in [-0.15, -0.1) is 36.2 Å². The number of carbonyl (C=O) groups is 3. The van der Waals surface area contributed by atoms with Crippen LogP contribution >= 0.6 is 52.1 Å². The van der Waals surface area contributed by atoms with Gasteiger partial charge in [0, 0.05) is 123 Å². The number of rotatable bonds is 13. The first kappa shape index (κ1) is 67.4. The van der Waals surface area contributed by atoms with Crippen molar-refractivity contribution in [2.45, 2.75) is 99.3 Å². The van der Waals surface area contributed by atoms with Crippen molar-refractivity contribution in [1.82, 2.24) is 39.9 Å². The van der Waals surface area contributed by atoms with Crippen LogP contribution in [0.3, 0.4) is 0 Å². The summed E-state index contributed by atoms with van der Waals surface area (Å²) < 4.78 is 0. The van der Waals surface area contributed by atoms with E-state index in [1.54, 1.807) is 116 Å². The van der Waals surface area contributed by atoms with Gasteiger partial charge in [0.2, 0.25) is 0 Å². The molecule has 1 amide bonds. The van der Waals surface area contributed by atoms with Crippen molar-refractivity contribution in [3.05, 3.63) is 245 Å². The van der Waals surface area contributed by atoms with Crippen LogP contribution in [0.5, 0.6) is 0 Å². The number of benzene rings is 5. The molecule has 0 bridgehead atoms. The Balaban J connectivity index is 0.000000274. The Hall–Kier alpha value is -7.84. The number of carbonyl (C=O) groups excluding carboxylic acids is 1. The number of nitrogens with one attached hydrogen (secondary N) is 1. The summed E-state index contributed by atoms with van der Waals surface area (Å²) in [6.07, 6.45) is 20.2. The van der Waals surface area contributed by atoms with Crippen LogP contribution in [0.4, 0.5) is 11.4 Å². The number of hydrogen-bond donors (Lipinski definition) is 5. The maximum absolute atomic E-state index is 12.6. The van der Waals surface area contributed by atoms with E-state index in [-0.39, 0.29) is 18.9 Å². The average molecular weight is 1210 g/mol. The molecule has 9 rings (SSSR count). The molecule has 0 radical (unpaired) electrons. The van der Waals surface area contributed by atoms with E-state index < -0.39 is 11.9 Å². The molecule has 0 saturated carbocycles. The lowest BCUT2D eigenvalue weighted by atomic mass is 9.97. The number of nitrogens with zero attached hydrogens (tertiary/aromatic N) is 8. The zero-order valence-corrected chi connectivity index (χ0v) is 49.6. The molecule has 422 valence electrons. The van der Waals surface area contributed by atoms with Gasteiger partial charge >= 0.3 is 11.9 Å². The van der Waals surface area contributed by atoms with Crippen molar-refractivity contribution in [2.75, 3.05) is 11.1 Å². The molecule has 0 fully saturated rings. The Bertz CT molecular complexity index is 3300. The average Bonchev–Trinajstić information content (AvgIpc) is 3.46. The monoisotopic (exact) mass is 1210 g/mol. The van der Waals surface area contributed by atoms with Crippen LogP contribution in [0.2, 0.25) is 0 Å². The SMILES string of the molecule is BrCc1cnccn1.C.Cc1cc(N)ccc1C(C)C.Cc1cc(NC(=O)c2cccc(SCc3cnccn3)c2)ccc1C(C)C.Cc1cnccn1.O=C(O)c1cccc(S)c1.O=C(O)c1cccc(SCc2cnccn2)c1. The summed E-state index contributed by atoms with van der Waals surface area (Å²) in [6.45, 7) is 14.8. The van der Waals surface area contributed by atoms with Gasteiger partial charge in [-0.2, -0.15) is 0 Å². The Morgan fingerprint density at radius 3 is 1.38 bits per heavy atom. The standard InChI is InChI=1S/C22H23N3OS.C12H10N2O2S.C10H15N.C7H6O2S.C5H5BrN2.C5H6N2.CH4/c1-15(2)21-8-7-18(11-16(21)3)25-22(26)17-5-4-6-20(12-17)27-14-19-13-23-9-10-24-19;15-12(16)9-2-1-3-11(6-9)17-8-10-7-13-4-5-14-10;1-7(2)10-5-4-9(11)6-8(10)3;8-7(9)5-2-1-3-6(10)4-5;6-3-5-4-7-1-2-8-5;1-5-4-6-2-3-7-5;/h4-13,15H,14H2,1-3H3,(H,25,26);1-7H,8H2,(H,15,16);4-7H,11H2,1-3H3;1-4,10H,(H,8,9);1-2,4H,3H2;2-4H,1H3;1H4. The van der Waals surface area contributed by atoms with Crippen molar-refractivity contribution < 1.29 is 24.6 Å². The second kappa shape index (κ2) is 37.2. The van der Waals surface area contributed by atoms with E-state index in [9.17, 15) is 14.4 Å². The molecule has 81 heavy (non-hydrogen) atoms. The predicted molar refractivity (Wildman–Crippen MR) is 335 cm³/mol. The summed E-state index contributed by atoms with van der Waals surface area (Å²) in [5.41, 5.74) is 17.4. The molecule has 4 heterocycles. The van der Waals surface area contributed by atoms with Gasteiger partial charge < -0.3 is 21.3 Å². The Kier molecular flexibility index (Phi) is 30.9. The maximum atomic E-state index is 12.6. The van der Waals surface area contributed by atoms with E-state index in [4.69, 9.17) is 15.9 Å². The predicted octanol–water partition coefficient (Wildman–Crippen LogP) is 15.1. The molecule has 0 aliphatic rings. The van der Waals surface area contributed by atoms with Gasteiger partial charge in [-0.1, -0.05) is 81.4 Å². The van der Waals surface area contributed by atoms with Gasteiger partial charge in [0.15, 0.2) is 0 Å². The number of aryl methyl sites for hydroxylation is 3. The lowest BCUT2D eigenvalue weighted by molar-refractivity contribution is 0.0685. The van der Waals surface area contributed by atoms with E-state index in [0.29, 0.717) is 33.6 Å². The highest BCUT2D eigenvalue weighted by Crippen LogP contribution is 2.26. The number of anilines is 2. The number of aromatic carboxylic acids is 2. The van der Waals surface area contributed by atoms with Gasteiger partial charge in [-0.3, -0.25) is 44.7 Å². The second-order valence-corrected chi connectivity index (χ2v) is 21.0.